The molecule has 1 heterocycles. The number of piperazine rings is 1. The van der Waals surface area contributed by atoms with Crippen LogP contribution in [-0.4, -0.2) is 36.2 Å². The third kappa shape index (κ3) is 4.67. The van der Waals surface area contributed by atoms with Gasteiger partial charge in [0.2, 0.25) is 0 Å². The van der Waals surface area contributed by atoms with Gasteiger partial charge in [0.05, 0.1) is 5.02 Å². The lowest BCUT2D eigenvalue weighted by Gasteiger charge is -2.41. The number of nitrogens with zero attached hydrogens (tertiary/aromatic N) is 1. The highest BCUT2D eigenvalue weighted by molar-refractivity contribution is 6.32. The molecule has 3 rings (SSSR count). The molecule has 0 spiro atoms. The van der Waals surface area contributed by atoms with Crippen molar-refractivity contribution >= 4 is 36.4 Å². The summed E-state index contributed by atoms with van der Waals surface area (Å²) in [6.07, 6.45) is 5.83. The van der Waals surface area contributed by atoms with Crippen molar-refractivity contribution in [2.75, 3.05) is 26.2 Å². The molecule has 2 N–H and O–H groups in total. The Kier molecular flexibility index (Phi) is 9.10. The average Bonchev–Trinajstić information content (AvgIpc) is 2.57. The Labute approximate surface area is 160 Å². The zero-order valence-electron chi connectivity index (χ0n) is 13.6. The van der Waals surface area contributed by atoms with Gasteiger partial charge in [0, 0.05) is 37.8 Å². The average molecular weight is 400 g/mol. The van der Waals surface area contributed by atoms with Gasteiger partial charge in [0.15, 0.2) is 0 Å². The van der Waals surface area contributed by atoms with Crippen LogP contribution in [0.3, 0.4) is 0 Å². The van der Waals surface area contributed by atoms with E-state index in [1.807, 2.05) is 0 Å². The van der Waals surface area contributed by atoms with E-state index in [9.17, 15) is 9.50 Å². The number of hydrogen-bond acceptors (Lipinski definition) is 3. The van der Waals surface area contributed by atoms with Crippen LogP contribution in [-0.2, 0) is 0 Å². The number of phenols is 1. The van der Waals surface area contributed by atoms with Gasteiger partial charge in [0.25, 0.3) is 0 Å². The monoisotopic (exact) mass is 398 g/mol. The lowest BCUT2D eigenvalue weighted by Crippen LogP contribution is -2.47. The van der Waals surface area contributed by atoms with Gasteiger partial charge >= 0.3 is 0 Å². The molecule has 24 heavy (non-hydrogen) atoms. The van der Waals surface area contributed by atoms with Gasteiger partial charge in [-0.15, -0.1) is 24.8 Å². The predicted molar refractivity (Wildman–Crippen MR) is 101 cm³/mol. The molecule has 0 amide bonds. The van der Waals surface area contributed by atoms with E-state index in [1.165, 1.54) is 31.4 Å². The van der Waals surface area contributed by atoms with Crippen molar-refractivity contribution in [2.24, 2.45) is 5.92 Å². The van der Waals surface area contributed by atoms with Crippen LogP contribution in [0.25, 0.3) is 0 Å². The minimum Gasteiger partial charge on any atom is -0.506 e. The quantitative estimate of drug-likeness (QED) is 0.782. The first-order chi connectivity index (χ1) is 10.7. The fraction of sp³-hybridized carbons (Fsp3) is 0.647. The first-order valence-corrected chi connectivity index (χ1v) is 8.68. The Bertz CT molecular complexity index is 503. The van der Waals surface area contributed by atoms with Crippen molar-refractivity contribution < 1.29 is 9.50 Å². The molecule has 0 bridgehead atoms. The Hall–Kier alpha value is -0.260. The largest absolute Gasteiger partial charge is 0.506 e. The smallest absolute Gasteiger partial charge is 0.141 e. The highest BCUT2D eigenvalue weighted by atomic mass is 35.5. The van der Waals surface area contributed by atoms with Crippen LogP contribution in [0.15, 0.2) is 12.1 Å². The maximum Gasteiger partial charge on any atom is 0.141 e. The molecule has 138 valence electrons. The molecule has 1 aliphatic heterocycles. The summed E-state index contributed by atoms with van der Waals surface area (Å²) < 4.78 is 14.5. The van der Waals surface area contributed by atoms with Crippen LogP contribution in [0.4, 0.5) is 4.39 Å². The summed E-state index contributed by atoms with van der Waals surface area (Å²) in [6, 6.07) is 2.75. The Morgan fingerprint density at radius 1 is 1.12 bits per heavy atom. The van der Waals surface area contributed by atoms with E-state index in [0.29, 0.717) is 11.5 Å². The summed E-state index contributed by atoms with van der Waals surface area (Å²) in [6.45, 7) is 3.58. The molecule has 0 unspecified atom stereocenters. The number of halogens is 4. The molecule has 7 heteroatoms. The number of phenolic OH excluding ortho intramolecular Hbond substituents is 1. The Morgan fingerprint density at radius 3 is 2.38 bits per heavy atom. The number of rotatable bonds is 3. The second kappa shape index (κ2) is 10.0. The number of benzene rings is 1. The molecule has 1 aliphatic carbocycles. The van der Waals surface area contributed by atoms with E-state index in [1.54, 1.807) is 0 Å². The van der Waals surface area contributed by atoms with E-state index in [-0.39, 0.29) is 47.4 Å². The summed E-state index contributed by atoms with van der Waals surface area (Å²) in [7, 11) is 0. The Balaban J connectivity index is 0.00000144. The van der Waals surface area contributed by atoms with Crippen molar-refractivity contribution in [3.63, 3.8) is 0 Å². The summed E-state index contributed by atoms with van der Waals surface area (Å²) in [5, 5.41) is 14.0. The second-order valence-electron chi connectivity index (χ2n) is 6.42. The predicted octanol–water partition coefficient (Wildman–Crippen LogP) is 4.55. The van der Waals surface area contributed by atoms with Gasteiger partial charge in [-0.2, -0.15) is 0 Å². The zero-order valence-corrected chi connectivity index (χ0v) is 16.0. The highest BCUT2D eigenvalue weighted by Crippen LogP contribution is 2.44. The standard InChI is InChI=1S/C17H24ClFN2O.2ClH/c18-13-6-7-14(19)15(17(13)22)16(12-4-2-1-3-5-12)21-10-8-20-9-11-21;;/h6-7,12,16,20,22H,1-5,8-11H2;2*1H/t16-;;/m0../s1. The molecule has 1 saturated heterocycles. The summed E-state index contributed by atoms with van der Waals surface area (Å²) in [5.74, 6) is -0.0162. The molecule has 1 aromatic carbocycles. The molecular formula is C17H26Cl3FN2O. The van der Waals surface area contributed by atoms with Gasteiger partial charge in [-0.1, -0.05) is 30.9 Å². The maximum atomic E-state index is 14.5. The van der Waals surface area contributed by atoms with Gasteiger partial charge < -0.3 is 10.4 Å². The minimum atomic E-state index is -0.337. The number of aromatic hydroxyl groups is 1. The molecule has 1 aromatic rings. The van der Waals surface area contributed by atoms with Gasteiger partial charge in [-0.3, -0.25) is 4.90 Å². The van der Waals surface area contributed by atoms with E-state index < -0.39 is 0 Å². The van der Waals surface area contributed by atoms with Gasteiger partial charge in [-0.25, -0.2) is 4.39 Å². The first-order valence-electron chi connectivity index (χ1n) is 8.30. The first kappa shape index (κ1) is 21.8. The molecule has 2 aliphatic rings. The topological polar surface area (TPSA) is 35.5 Å². The summed E-state index contributed by atoms with van der Waals surface area (Å²) >= 11 is 6.06. The van der Waals surface area contributed by atoms with E-state index in [4.69, 9.17) is 11.6 Å². The number of nitrogens with one attached hydrogen (secondary N) is 1. The van der Waals surface area contributed by atoms with Crippen molar-refractivity contribution in [2.45, 2.75) is 38.1 Å². The van der Waals surface area contributed by atoms with E-state index >= 15 is 0 Å². The fourth-order valence-electron chi connectivity index (χ4n) is 3.96. The van der Waals surface area contributed by atoms with Crippen molar-refractivity contribution in [3.8, 4) is 5.75 Å². The molecule has 1 saturated carbocycles. The molecule has 2 fully saturated rings. The molecule has 1 atom stereocenters. The third-order valence-corrected chi connectivity index (χ3v) is 5.36. The normalized spacial score (nSPS) is 20.8. The van der Waals surface area contributed by atoms with Crippen LogP contribution in [0.2, 0.25) is 5.02 Å². The molecule has 0 radical (unpaired) electrons. The third-order valence-electron chi connectivity index (χ3n) is 5.05. The van der Waals surface area contributed by atoms with Crippen LogP contribution < -0.4 is 5.32 Å². The van der Waals surface area contributed by atoms with Crippen LogP contribution in [0.5, 0.6) is 5.75 Å². The molecular weight excluding hydrogens is 374 g/mol. The zero-order chi connectivity index (χ0) is 15.5. The highest BCUT2D eigenvalue weighted by Gasteiger charge is 2.35. The van der Waals surface area contributed by atoms with Crippen molar-refractivity contribution in [1.29, 1.82) is 0 Å². The molecule has 0 aromatic heterocycles. The Morgan fingerprint density at radius 2 is 1.75 bits per heavy atom. The van der Waals surface area contributed by atoms with Gasteiger partial charge in [0.1, 0.15) is 11.6 Å². The maximum absolute atomic E-state index is 14.5. The van der Waals surface area contributed by atoms with Crippen LogP contribution >= 0.6 is 36.4 Å². The summed E-state index contributed by atoms with van der Waals surface area (Å²) in [5.41, 5.74) is 0.404. The molecule has 3 nitrogen and oxygen atoms in total. The second-order valence-corrected chi connectivity index (χ2v) is 6.83. The van der Waals surface area contributed by atoms with Crippen molar-refractivity contribution in [3.05, 3.63) is 28.5 Å². The van der Waals surface area contributed by atoms with E-state index in [2.05, 4.69) is 10.2 Å². The fourth-order valence-corrected chi connectivity index (χ4v) is 4.13. The summed E-state index contributed by atoms with van der Waals surface area (Å²) in [4.78, 5) is 2.32. The number of hydrogen-bond donors (Lipinski definition) is 2. The van der Waals surface area contributed by atoms with Crippen LogP contribution in [0, 0.1) is 11.7 Å². The lowest BCUT2D eigenvalue weighted by atomic mass is 9.79. The minimum absolute atomic E-state index is 0. The lowest BCUT2D eigenvalue weighted by molar-refractivity contribution is 0.0984. The van der Waals surface area contributed by atoms with Crippen molar-refractivity contribution in [1.82, 2.24) is 10.2 Å². The van der Waals surface area contributed by atoms with Gasteiger partial charge in [-0.05, 0) is 30.9 Å². The SMILES string of the molecule is Cl.Cl.Oc1c(Cl)ccc(F)c1[C@H](C1CCCCC1)N1CCNCC1. The van der Waals surface area contributed by atoms with Crippen LogP contribution in [0.1, 0.15) is 43.7 Å². The van der Waals surface area contributed by atoms with E-state index in [0.717, 1.165) is 39.0 Å².